The van der Waals surface area contributed by atoms with E-state index in [9.17, 15) is 4.79 Å². The Bertz CT molecular complexity index is 517. The predicted molar refractivity (Wildman–Crippen MR) is 64.5 cm³/mol. The number of hydrogen-bond acceptors (Lipinski definition) is 4. The summed E-state index contributed by atoms with van der Waals surface area (Å²) in [5, 5.41) is 0. The highest BCUT2D eigenvalue weighted by atomic mass is 16.5. The van der Waals surface area contributed by atoms with Gasteiger partial charge in [0.05, 0.1) is 12.3 Å². The maximum absolute atomic E-state index is 11.5. The minimum atomic E-state index is -0.535. The van der Waals surface area contributed by atoms with Gasteiger partial charge in [0, 0.05) is 5.56 Å². The average Bonchev–Trinajstić information content (AvgIpc) is 2.72. The lowest BCUT2D eigenvalue weighted by molar-refractivity contribution is 0.0492. The molecule has 4 nitrogen and oxygen atoms in total. The standard InChI is InChI=1S/C13H13NO3/c1-2-16-13(15)12-11(14)10(8-17-12)9-6-4-3-5-7-9/h3-8H,2,14H2,1H3. The van der Waals surface area contributed by atoms with Crippen LogP contribution in [0.4, 0.5) is 5.69 Å². The molecule has 0 saturated carbocycles. The van der Waals surface area contributed by atoms with Crippen molar-refractivity contribution in [2.75, 3.05) is 12.3 Å². The number of nitrogen functional groups attached to an aromatic ring is 1. The number of ether oxygens (including phenoxy) is 1. The van der Waals surface area contributed by atoms with Crippen molar-refractivity contribution in [2.24, 2.45) is 0 Å². The van der Waals surface area contributed by atoms with Crippen LogP contribution in [0.5, 0.6) is 0 Å². The average molecular weight is 231 g/mol. The molecule has 2 N–H and O–H groups in total. The van der Waals surface area contributed by atoms with Gasteiger partial charge in [0.1, 0.15) is 6.26 Å². The van der Waals surface area contributed by atoms with E-state index in [1.807, 2.05) is 30.3 Å². The highest BCUT2D eigenvalue weighted by Gasteiger charge is 2.19. The van der Waals surface area contributed by atoms with Crippen molar-refractivity contribution in [1.82, 2.24) is 0 Å². The Balaban J connectivity index is 2.37. The summed E-state index contributed by atoms with van der Waals surface area (Å²) in [6.45, 7) is 2.02. The fourth-order valence-electron chi connectivity index (χ4n) is 1.56. The van der Waals surface area contributed by atoms with Crippen LogP contribution >= 0.6 is 0 Å². The normalized spacial score (nSPS) is 10.2. The Kier molecular flexibility index (Phi) is 3.14. The second-order valence-corrected chi connectivity index (χ2v) is 3.48. The molecule has 0 unspecified atom stereocenters. The molecule has 0 aliphatic rings. The van der Waals surface area contributed by atoms with E-state index < -0.39 is 5.97 Å². The highest BCUT2D eigenvalue weighted by molar-refractivity contribution is 5.96. The van der Waals surface area contributed by atoms with Gasteiger partial charge in [-0.3, -0.25) is 0 Å². The number of nitrogens with two attached hydrogens (primary N) is 1. The quantitative estimate of drug-likeness (QED) is 0.825. The van der Waals surface area contributed by atoms with E-state index >= 15 is 0 Å². The van der Waals surface area contributed by atoms with Gasteiger partial charge in [0.25, 0.3) is 0 Å². The fourth-order valence-corrected chi connectivity index (χ4v) is 1.56. The summed E-state index contributed by atoms with van der Waals surface area (Å²) >= 11 is 0. The molecule has 2 rings (SSSR count). The van der Waals surface area contributed by atoms with Crippen LogP contribution in [-0.2, 0) is 4.74 Å². The summed E-state index contributed by atoms with van der Waals surface area (Å²) in [6, 6.07) is 9.50. The van der Waals surface area contributed by atoms with Gasteiger partial charge in [-0.25, -0.2) is 4.79 Å². The minimum Gasteiger partial charge on any atom is -0.460 e. The van der Waals surface area contributed by atoms with Crippen molar-refractivity contribution >= 4 is 11.7 Å². The van der Waals surface area contributed by atoms with Crippen molar-refractivity contribution in [1.29, 1.82) is 0 Å². The minimum absolute atomic E-state index is 0.0608. The zero-order valence-electron chi connectivity index (χ0n) is 9.47. The van der Waals surface area contributed by atoms with E-state index in [0.29, 0.717) is 17.9 Å². The molecular formula is C13H13NO3. The van der Waals surface area contributed by atoms with E-state index in [0.717, 1.165) is 5.56 Å². The van der Waals surface area contributed by atoms with Gasteiger partial charge >= 0.3 is 5.97 Å². The van der Waals surface area contributed by atoms with E-state index in [2.05, 4.69) is 0 Å². The molecule has 0 saturated heterocycles. The number of carbonyl (C=O) groups excluding carboxylic acids is 1. The lowest BCUT2D eigenvalue weighted by atomic mass is 10.1. The second kappa shape index (κ2) is 4.74. The number of benzene rings is 1. The highest BCUT2D eigenvalue weighted by Crippen LogP contribution is 2.30. The van der Waals surface area contributed by atoms with Gasteiger partial charge in [0.15, 0.2) is 0 Å². The van der Waals surface area contributed by atoms with Crippen molar-refractivity contribution in [3.05, 3.63) is 42.4 Å². The van der Waals surface area contributed by atoms with Crippen molar-refractivity contribution < 1.29 is 13.9 Å². The number of rotatable bonds is 3. The molecule has 0 aliphatic carbocycles. The first-order valence-electron chi connectivity index (χ1n) is 5.33. The molecule has 2 aromatic rings. The molecule has 17 heavy (non-hydrogen) atoms. The number of carbonyl (C=O) groups is 1. The molecule has 0 spiro atoms. The van der Waals surface area contributed by atoms with E-state index in [1.165, 1.54) is 6.26 Å². The number of hydrogen-bond donors (Lipinski definition) is 1. The summed E-state index contributed by atoms with van der Waals surface area (Å²) in [4.78, 5) is 11.5. The summed E-state index contributed by atoms with van der Waals surface area (Å²) in [5.74, 6) is -0.474. The smallest absolute Gasteiger partial charge is 0.376 e. The molecule has 0 radical (unpaired) electrons. The molecule has 1 aromatic carbocycles. The Morgan fingerprint density at radius 3 is 2.71 bits per heavy atom. The Labute approximate surface area is 99.0 Å². The third kappa shape index (κ3) is 2.15. The van der Waals surface area contributed by atoms with E-state index in [4.69, 9.17) is 14.9 Å². The number of esters is 1. The molecule has 1 heterocycles. The Morgan fingerprint density at radius 2 is 2.06 bits per heavy atom. The molecule has 1 aromatic heterocycles. The van der Waals surface area contributed by atoms with Gasteiger partial charge in [-0.15, -0.1) is 0 Å². The van der Waals surface area contributed by atoms with Gasteiger partial charge in [0.2, 0.25) is 5.76 Å². The van der Waals surface area contributed by atoms with Crippen molar-refractivity contribution in [3.63, 3.8) is 0 Å². The molecule has 0 bridgehead atoms. The van der Waals surface area contributed by atoms with E-state index in [1.54, 1.807) is 6.92 Å². The fraction of sp³-hybridized carbons (Fsp3) is 0.154. The van der Waals surface area contributed by atoms with Crippen LogP contribution < -0.4 is 5.73 Å². The maximum Gasteiger partial charge on any atom is 0.376 e. The number of anilines is 1. The zero-order valence-corrected chi connectivity index (χ0v) is 9.47. The third-order valence-corrected chi connectivity index (χ3v) is 2.38. The van der Waals surface area contributed by atoms with Crippen LogP contribution in [0, 0.1) is 0 Å². The van der Waals surface area contributed by atoms with Crippen LogP contribution in [0.2, 0.25) is 0 Å². The Morgan fingerprint density at radius 1 is 1.35 bits per heavy atom. The predicted octanol–water partition coefficient (Wildman–Crippen LogP) is 2.71. The van der Waals surface area contributed by atoms with Crippen LogP contribution in [-0.4, -0.2) is 12.6 Å². The molecule has 0 atom stereocenters. The first-order chi connectivity index (χ1) is 8.24. The summed E-state index contributed by atoms with van der Waals surface area (Å²) in [6.07, 6.45) is 1.47. The van der Waals surface area contributed by atoms with Crippen LogP contribution in [0.3, 0.4) is 0 Å². The van der Waals surface area contributed by atoms with Crippen LogP contribution in [0.25, 0.3) is 11.1 Å². The molecule has 0 amide bonds. The first-order valence-corrected chi connectivity index (χ1v) is 5.33. The van der Waals surface area contributed by atoms with Crippen molar-refractivity contribution in [2.45, 2.75) is 6.92 Å². The molecule has 0 fully saturated rings. The SMILES string of the molecule is CCOC(=O)c1occ(-c2ccccc2)c1N. The van der Waals surface area contributed by atoms with Gasteiger partial charge < -0.3 is 14.9 Å². The van der Waals surface area contributed by atoms with Crippen molar-refractivity contribution in [3.8, 4) is 11.1 Å². The third-order valence-electron chi connectivity index (χ3n) is 2.38. The van der Waals surface area contributed by atoms with Crippen LogP contribution in [0.1, 0.15) is 17.5 Å². The molecular weight excluding hydrogens is 218 g/mol. The van der Waals surface area contributed by atoms with Gasteiger partial charge in [-0.2, -0.15) is 0 Å². The zero-order chi connectivity index (χ0) is 12.3. The van der Waals surface area contributed by atoms with E-state index in [-0.39, 0.29) is 5.76 Å². The monoisotopic (exact) mass is 231 g/mol. The largest absolute Gasteiger partial charge is 0.460 e. The van der Waals surface area contributed by atoms with Gasteiger partial charge in [-0.1, -0.05) is 30.3 Å². The molecule has 4 heteroatoms. The summed E-state index contributed by atoms with van der Waals surface area (Å²) in [7, 11) is 0. The van der Waals surface area contributed by atoms with Crippen LogP contribution in [0.15, 0.2) is 41.0 Å². The summed E-state index contributed by atoms with van der Waals surface area (Å²) < 4.78 is 10.0. The number of furan rings is 1. The Hall–Kier alpha value is -2.23. The lowest BCUT2D eigenvalue weighted by Gasteiger charge is -2.00. The second-order valence-electron chi connectivity index (χ2n) is 3.48. The topological polar surface area (TPSA) is 65.5 Å². The van der Waals surface area contributed by atoms with Gasteiger partial charge in [-0.05, 0) is 12.5 Å². The summed E-state index contributed by atoms with van der Waals surface area (Å²) in [5.41, 5.74) is 7.80. The molecule has 0 aliphatic heterocycles. The first kappa shape index (κ1) is 11.3. The maximum atomic E-state index is 11.5. The molecule has 88 valence electrons. The lowest BCUT2D eigenvalue weighted by Crippen LogP contribution is -2.06.